The Bertz CT molecular complexity index is 889. The molecule has 0 unspecified atom stereocenters. The molecule has 7 heteroatoms. The Kier molecular flexibility index (Phi) is 7.54. The maximum atomic E-state index is 12.5. The normalized spacial score (nSPS) is 12.2. The summed E-state index contributed by atoms with van der Waals surface area (Å²) < 4.78 is 5.58. The molecular formula is C22H23N2O5-. The molecule has 152 valence electrons. The first-order valence-electron chi connectivity index (χ1n) is 9.13. The van der Waals surface area contributed by atoms with Gasteiger partial charge < -0.3 is 25.3 Å². The highest BCUT2D eigenvalue weighted by molar-refractivity contribution is 6.06. The number of carboxylic acid groups (broad SMARTS) is 1. The summed E-state index contributed by atoms with van der Waals surface area (Å²) in [5.41, 5.74) is 0.894. The summed E-state index contributed by atoms with van der Waals surface area (Å²) in [6.45, 7) is 5.10. The molecule has 2 aromatic carbocycles. The highest BCUT2D eigenvalue weighted by Crippen LogP contribution is 2.16. The van der Waals surface area contributed by atoms with Gasteiger partial charge in [0.25, 0.3) is 11.8 Å². The minimum atomic E-state index is -1.43. The third kappa shape index (κ3) is 6.80. The van der Waals surface area contributed by atoms with Crippen LogP contribution in [0.15, 0.2) is 60.3 Å². The number of aliphatic carboxylic acids is 1. The summed E-state index contributed by atoms with van der Waals surface area (Å²) in [5, 5.41) is 15.8. The molecule has 0 bridgehead atoms. The van der Waals surface area contributed by atoms with Gasteiger partial charge in [-0.15, -0.1) is 0 Å². The van der Waals surface area contributed by atoms with E-state index in [0.29, 0.717) is 16.9 Å². The van der Waals surface area contributed by atoms with Gasteiger partial charge in [-0.25, -0.2) is 0 Å². The Morgan fingerprint density at radius 2 is 1.59 bits per heavy atom. The van der Waals surface area contributed by atoms with E-state index in [4.69, 9.17) is 4.74 Å². The number of hydrogen-bond acceptors (Lipinski definition) is 5. The Morgan fingerprint density at radius 3 is 2.14 bits per heavy atom. The standard InChI is InChI=1S/C22H24N2O5/c1-14(2)29-18-11-9-16(10-12-18)13-19(21(26)23-15(3)22(27)28)24-20(25)17-7-5-4-6-8-17/h4-15H,1-3H3,(H,23,26)(H,24,25)(H,27,28)/p-1/b19-13+/t15-/m1/s1. The Balaban J connectivity index is 2.27. The quantitative estimate of drug-likeness (QED) is 0.659. The molecule has 0 aliphatic heterocycles. The lowest BCUT2D eigenvalue weighted by Crippen LogP contribution is -2.48. The van der Waals surface area contributed by atoms with E-state index in [9.17, 15) is 19.5 Å². The lowest BCUT2D eigenvalue weighted by molar-refractivity contribution is -0.307. The number of rotatable bonds is 8. The fraction of sp³-hybridized carbons (Fsp3) is 0.227. The molecule has 1 atom stereocenters. The van der Waals surface area contributed by atoms with Crippen LogP contribution >= 0.6 is 0 Å². The van der Waals surface area contributed by atoms with E-state index in [-0.39, 0.29) is 11.8 Å². The number of nitrogens with one attached hydrogen (secondary N) is 2. The van der Waals surface area contributed by atoms with Crippen LogP contribution in [0.5, 0.6) is 5.75 Å². The number of carboxylic acids is 1. The average molecular weight is 395 g/mol. The van der Waals surface area contributed by atoms with Crippen molar-refractivity contribution in [2.45, 2.75) is 32.9 Å². The molecule has 0 spiro atoms. The van der Waals surface area contributed by atoms with Crippen LogP contribution in [0.1, 0.15) is 36.7 Å². The predicted molar refractivity (Wildman–Crippen MR) is 107 cm³/mol. The molecule has 29 heavy (non-hydrogen) atoms. The highest BCUT2D eigenvalue weighted by Gasteiger charge is 2.17. The summed E-state index contributed by atoms with van der Waals surface area (Å²) in [5.74, 6) is -1.99. The third-order valence-corrected chi connectivity index (χ3v) is 3.79. The molecule has 2 aromatic rings. The minimum absolute atomic E-state index is 0.0222. The summed E-state index contributed by atoms with van der Waals surface area (Å²) >= 11 is 0. The zero-order chi connectivity index (χ0) is 21.4. The summed E-state index contributed by atoms with van der Waals surface area (Å²) in [7, 11) is 0. The molecule has 0 saturated heterocycles. The number of amides is 2. The minimum Gasteiger partial charge on any atom is -0.548 e. The second-order valence-corrected chi connectivity index (χ2v) is 6.63. The topological polar surface area (TPSA) is 108 Å². The van der Waals surface area contributed by atoms with E-state index in [1.54, 1.807) is 54.6 Å². The van der Waals surface area contributed by atoms with E-state index in [1.807, 2.05) is 13.8 Å². The molecule has 7 nitrogen and oxygen atoms in total. The van der Waals surface area contributed by atoms with Gasteiger partial charge in [-0.2, -0.15) is 0 Å². The molecule has 0 aliphatic carbocycles. The van der Waals surface area contributed by atoms with Crippen molar-refractivity contribution in [1.29, 1.82) is 0 Å². The van der Waals surface area contributed by atoms with Crippen LogP contribution in [-0.2, 0) is 9.59 Å². The zero-order valence-corrected chi connectivity index (χ0v) is 16.5. The fourth-order valence-corrected chi connectivity index (χ4v) is 2.36. The van der Waals surface area contributed by atoms with Crippen molar-refractivity contribution in [2.75, 3.05) is 0 Å². The number of carbonyl (C=O) groups excluding carboxylic acids is 3. The second kappa shape index (κ2) is 10.1. The SMILES string of the molecule is CC(C)Oc1ccc(/C=C(/NC(=O)c2ccccc2)C(=O)N[C@H](C)C(=O)[O-])cc1. The summed E-state index contributed by atoms with van der Waals surface area (Å²) in [6.07, 6.45) is 1.48. The number of hydrogen-bond donors (Lipinski definition) is 2. The van der Waals surface area contributed by atoms with Gasteiger partial charge in [0, 0.05) is 5.56 Å². The van der Waals surface area contributed by atoms with Gasteiger partial charge >= 0.3 is 0 Å². The third-order valence-electron chi connectivity index (χ3n) is 3.79. The van der Waals surface area contributed by atoms with Crippen molar-refractivity contribution < 1.29 is 24.2 Å². The molecule has 0 aromatic heterocycles. The lowest BCUT2D eigenvalue weighted by atomic mass is 10.1. The van der Waals surface area contributed by atoms with Gasteiger partial charge in [0.2, 0.25) is 0 Å². The molecule has 0 saturated carbocycles. The molecule has 0 radical (unpaired) electrons. The zero-order valence-electron chi connectivity index (χ0n) is 16.5. The molecule has 0 fully saturated rings. The van der Waals surface area contributed by atoms with Crippen LogP contribution in [0.25, 0.3) is 6.08 Å². The predicted octanol–water partition coefficient (Wildman–Crippen LogP) is 1.50. The van der Waals surface area contributed by atoms with E-state index in [0.717, 1.165) is 0 Å². The second-order valence-electron chi connectivity index (χ2n) is 6.63. The molecule has 0 aliphatic rings. The Labute approximate surface area is 169 Å². The Hall–Kier alpha value is -3.61. The maximum absolute atomic E-state index is 12.5. The van der Waals surface area contributed by atoms with Crippen molar-refractivity contribution in [3.05, 3.63) is 71.4 Å². The maximum Gasteiger partial charge on any atom is 0.268 e. The van der Waals surface area contributed by atoms with Crippen LogP contribution in [0.4, 0.5) is 0 Å². The highest BCUT2D eigenvalue weighted by atomic mass is 16.5. The molecule has 2 N–H and O–H groups in total. The smallest absolute Gasteiger partial charge is 0.268 e. The van der Waals surface area contributed by atoms with Gasteiger partial charge in [0.1, 0.15) is 11.4 Å². The van der Waals surface area contributed by atoms with Crippen LogP contribution < -0.4 is 20.5 Å². The Morgan fingerprint density at radius 1 is 0.966 bits per heavy atom. The number of benzene rings is 2. The molecule has 2 amide bonds. The van der Waals surface area contributed by atoms with Gasteiger partial charge in [0.05, 0.1) is 18.1 Å². The van der Waals surface area contributed by atoms with Gasteiger partial charge in [-0.05, 0) is 56.7 Å². The number of carbonyl (C=O) groups is 3. The fourth-order valence-electron chi connectivity index (χ4n) is 2.36. The monoisotopic (exact) mass is 395 g/mol. The first-order chi connectivity index (χ1) is 13.8. The van der Waals surface area contributed by atoms with E-state index in [2.05, 4.69) is 10.6 Å². The van der Waals surface area contributed by atoms with Crippen molar-refractivity contribution in [2.24, 2.45) is 0 Å². The first-order valence-corrected chi connectivity index (χ1v) is 9.13. The van der Waals surface area contributed by atoms with Crippen LogP contribution in [0, 0.1) is 0 Å². The molecule has 0 heterocycles. The molecular weight excluding hydrogens is 372 g/mol. The van der Waals surface area contributed by atoms with Crippen molar-refractivity contribution in [3.63, 3.8) is 0 Å². The lowest BCUT2D eigenvalue weighted by Gasteiger charge is -2.17. The van der Waals surface area contributed by atoms with Crippen molar-refractivity contribution in [1.82, 2.24) is 10.6 Å². The van der Waals surface area contributed by atoms with Crippen LogP contribution in [-0.4, -0.2) is 29.9 Å². The van der Waals surface area contributed by atoms with Gasteiger partial charge in [-0.1, -0.05) is 30.3 Å². The first kappa shape index (κ1) is 21.7. The van der Waals surface area contributed by atoms with Crippen LogP contribution in [0.3, 0.4) is 0 Å². The van der Waals surface area contributed by atoms with E-state index >= 15 is 0 Å². The molecule has 2 rings (SSSR count). The van der Waals surface area contributed by atoms with Crippen LogP contribution in [0.2, 0.25) is 0 Å². The van der Waals surface area contributed by atoms with Gasteiger partial charge in [0.15, 0.2) is 0 Å². The summed E-state index contributed by atoms with van der Waals surface area (Å²) in [6, 6.07) is 14.1. The van der Waals surface area contributed by atoms with Crippen molar-refractivity contribution >= 4 is 23.9 Å². The number of ether oxygens (including phenoxy) is 1. The van der Waals surface area contributed by atoms with E-state index in [1.165, 1.54) is 13.0 Å². The van der Waals surface area contributed by atoms with E-state index < -0.39 is 23.8 Å². The average Bonchev–Trinajstić information content (AvgIpc) is 2.68. The van der Waals surface area contributed by atoms with Gasteiger partial charge in [-0.3, -0.25) is 9.59 Å². The largest absolute Gasteiger partial charge is 0.548 e. The van der Waals surface area contributed by atoms with Crippen molar-refractivity contribution in [3.8, 4) is 5.75 Å². The summed E-state index contributed by atoms with van der Waals surface area (Å²) in [4.78, 5) is 35.9.